The molecule has 3 amide bonds. The zero-order valence-corrected chi connectivity index (χ0v) is 24.3. The first kappa shape index (κ1) is 30.9. The minimum absolute atomic E-state index is 0.0975. The van der Waals surface area contributed by atoms with Crippen molar-refractivity contribution in [1.29, 1.82) is 0 Å². The second-order valence-corrected chi connectivity index (χ2v) is 11.2. The van der Waals surface area contributed by atoms with E-state index in [4.69, 9.17) is 4.74 Å². The van der Waals surface area contributed by atoms with E-state index in [0.29, 0.717) is 13.0 Å². The predicted octanol–water partition coefficient (Wildman–Crippen LogP) is 5.63. The SMILES string of the molecule is CCCCN(C(=O)C(Cc1ccccc1)NC(=O)OC(C)(C)C)C(C(=O)NC(C)C)c1ccc(C)c(C)c1. The van der Waals surface area contributed by atoms with Gasteiger partial charge in [0.1, 0.15) is 17.7 Å². The van der Waals surface area contributed by atoms with Gasteiger partial charge in [-0.25, -0.2) is 4.79 Å². The average molecular weight is 524 g/mol. The van der Waals surface area contributed by atoms with Crippen molar-refractivity contribution in [3.63, 3.8) is 0 Å². The Morgan fingerprint density at radius 1 is 0.947 bits per heavy atom. The summed E-state index contributed by atoms with van der Waals surface area (Å²) in [6, 6.07) is 13.5. The standard InChI is InChI=1S/C31H45N3O4/c1-9-10-18-34(27(28(35)32-21(2)3)25-17-16-22(4)23(5)19-25)29(36)26(20-24-14-12-11-13-15-24)33-30(37)38-31(6,7)8/h11-17,19,21,26-27H,9-10,18,20H2,1-8H3,(H,32,35)(H,33,37). The molecular formula is C31H45N3O4. The summed E-state index contributed by atoms with van der Waals surface area (Å²) in [5.74, 6) is -0.571. The Bertz CT molecular complexity index is 1080. The van der Waals surface area contributed by atoms with Crippen LogP contribution < -0.4 is 10.6 Å². The van der Waals surface area contributed by atoms with E-state index >= 15 is 0 Å². The lowest BCUT2D eigenvalue weighted by Gasteiger charge is -2.35. The van der Waals surface area contributed by atoms with Crippen molar-refractivity contribution in [3.8, 4) is 0 Å². The van der Waals surface area contributed by atoms with E-state index in [0.717, 1.165) is 28.7 Å². The van der Waals surface area contributed by atoms with Gasteiger partial charge in [0.15, 0.2) is 0 Å². The van der Waals surface area contributed by atoms with Gasteiger partial charge >= 0.3 is 6.09 Å². The average Bonchev–Trinajstić information content (AvgIpc) is 2.81. The van der Waals surface area contributed by atoms with Crippen LogP contribution in [0.25, 0.3) is 0 Å². The van der Waals surface area contributed by atoms with Crippen molar-refractivity contribution in [2.75, 3.05) is 6.54 Å². The summed E-state index contributed by atoms with van der Waals surface area (Å²) in [6.45, 7) is 15.6. The van der Waals surface area contributed by atoms with Crippen LogP contribution in [-0.4, -0.2) is 47.0 Å². The largest absolute Gasteiger partial charge is 0.444 e. The lowest BCUT2D eigenvalue weighted by molar-refractivity contribution is -0.142. The fraction of sp³-hybridized carbons (Fsp3) is 0.516. The van der Waals surface area contributed by atoms with Gasteiger partial charge < -0.3 is 20.3 Å². The van der Waals surface area contributed by atoms with Gasteiger partial charge in [-0.1, -0.05) is 61.9 Å². The number of alkyl carbamates (subject to hydrolysis) is 1. The summed E-state index contributed by atoms with van der Waals surface area (Å²) in [6.07, 6.45) is 1.16. The molecule has 0 aliphatic carbocycles. The van der Waals surface area contributed by atoms with Crippen LogP contribution in [0.3, 0.4) is 0 Å². The summed E-state index contributed by atoms with van der Waals surface area (Å²) >= 11 is 0. The monoisotopic (exact) mass is 523 g/mol. The van der Waals surface area contributed by atoms with Crippen LogP contribution in [0, 0.1) is 13.8 Å². The zero-order valence-electron chi connectivity index (χ0n) is 24.3. The molecule has 0 radical (unpaired) electrons. The van der Waals surface area contributed by atoms with Crippen LogP contribution in [0.1, 0.15) is 82.7 Å². The van der Waals surface area contributed by atoms with E-state index in [9.17, 15) is 14.4 Å². The van der Waals surface area contributed by atoms with Gasteiger partial charge in [-0.3, -0.25) is 9.59 Å². The van der Waals surface area contributed by atoms with E-state index < -0.39 is 23.8 Å². The highest BCUT2D eigenvalue weighted by atomic mass is 16.6. The first-order valence-corrected chi connectivity index (χ1v) is 13.5. The number of carbonyl (C=O) groups is 3. The summed E-state index contributed by atoms with van der Waals surface area (Å²) in [5.41, 5.74) is 3.07. The molecule has 2 aromatic carbocycles. The van der Waals surface area contributed by atoms with Gasteiger partial charge in [-0.2, -0.15) is 0 Å². The number of benzene rings is 2. The number of rotatable bonds is 11. The molecule has 0 fully saturated rings. The Labute approximate surface area is 228 Å². The maximum Gasteiger partial charge on any atom is 0.408 e. The molecule has 2 aromatic rings. The molecule has 0 heterocycles. The van der Waals surface area contributed by atoms with Crippen molar-refractivity contribution in [2.24, 2.45) is 0 Å². The number of nitrogens with one attached hydrogen (secondary N) is 2. The van der Waals surface area contributed by atoms with E-state index in [-0.39, 0.29) is 24.3 Å². The van der Waals surface area contributed by atoms with Crippen molar-refractivity contribution in [2.45, 2.75) is 98.4 Å². The maximum absolute atomic E-state index is 14.3. The number of amides is 3. The smallest absolute Gasteiger partial charge is 0.408 e. The molecule has 0 saturated heterocycles. The quantitative estimate of drug-likeness (QED) is 0.399. The van der Waals surface area contributed by atoms with Crippen LogP contribution in [0.2, 0.25) is 0 Å². The molecular weight excluding hydrogens is 478 g/mol. The highest BCUT2D eigenvalue weighted by Crippen LogP contribution is 2.26. The summed E-state index contributed by atoms with van der Waals surface area (Å²) < 4.78 is 5.49. The number of nitrogens with zero attached hydrogens (tertiary/aromatic N) is 1. The molecule has 7 heteroatoms. The van der Waals surface area contributed by atoms with E-state index in [1.807, 2.05) is 83.1 Å². The molecule has 0 aliphatic heterocycles. The Hall–Kier alpha value is -3.35. The molecule has 208 valence electrons. The lowest BCUT2D eigenvalue weighted by Crippen LogP contribution is -2.54. The minimum atomic E-state index is -0.912. The van der Waals surface area contributed by atoms with Crippen molar-refractivity contribution in [3.05, 3.63) is 70.8 Å². The fourth-order valence-corrected chi connectivity index (χ4v) is 4.17. The van der Waals surface area contributed by atoms with Gasteiger partial charge in [0.2, 0.25) is 11.8 Å². The fourth-order valence-electron chi connectivity index (χ4n) is 4.17. The number of ether oxygens (including phenoxy) is 1. The Balaban J connectivity index is 2.56. The molecule has 0 spiro atoms. The Morgan fingerprint density at radius 2 is 1.61 bits per heavy atom. The number of hydrogen-bond donors (Lipinski definition) is 2. The molecule has 2 N–H and O–H groups in total. The molecule has 7 nitrogen and oxygen atoms in total. The van der Waals surface area contributed by atoms with Gasteiger partial charge in [-0.15, -0.1) is 0 Å². The normalized spacial score (nSPS) is 13.0. The van der Waals surface area contributed by atoms with E-state index in [2.05, 4.69) is 10.6 Å². The summed E-state index contributed by atoms with van der Waals surface area (Å²) in [4.78, 5) is 42.4. The van der Waals surface area contributed by atoms with Gasteiger partial charge in [0.05, 0.1) is 0 Å². The minimum Gasteiger partial charge on any atom is -0.444 e. The lowest BCUT2D eigenvalue weighted by atomic mass is 9.97. The summed E-state index contributed by atoms with van der Waals surface area (Å²) in [7, 11) is 0. The van der Waals surface area contributed by atoms with Gasteiger partial charge in [0.25, 0.3) is 0 Å². The zero-order chi connectivity index (χ0) is 28.5. The second-order valence-electron chi connectivity index (χ2n) is 11.2. The van der Waals surface area contributed by atoms with Crippen molar-refractivity contribution >= 4 is 17.9 Å². The van der Waals surface area contributed by atoms with Crippen LogP contribution in [0.4, 0.5) is 4.79 Å². The summed E-state index contributed by atoms with van der Waals surface area (Å²) in [5, 5.41) is 5.80. The molecule has 0 saturated carbocycles. The molecule has 2 atom stereocenters. The van der Waals surface area contributed by atoms with Crippen LogP contribution >= 0.6 is 0 Å². The number of carbonyl (C=O) groups excluding carboxylic acids is 3. The first-order valence-electron chi connectivity index (χ1n) is 13.5. The van der Waals surface area contributed by atoms with Crippen molar-refractivity contribution < 1.29 is 19.1 Å². The molecule has 0 aliphatic rings. The van der Waals surface area contributed by atoms with Crippen LogP contribution in [-0.2, 0) is 20.7 Å². The third-order valence-corrected chi connectivity index (χ3v) is 6.15. The highest BCUT2D eigenvalue weighted by molar-refractivity contribution is 5.92. The highest BCUT2D eigenvalue weighted by Gasteiger charge is 2.36. The maximum atomic E-state index is 14.3. The molecule has 2 rings (SSSR count). The topological polar surface area (TPSA) is 87.7 Å². The number of unbranched alkanes of at least 4 members (excludes halogenated alkanes) is 1. The Morgan fingerprint density at radius 3 is 2.16 bits per heavy atom. The molecule has 0 bridgehead atoms. The van der Waals surface area contributed by atoms with Gasteiger partial charge in [0, 0.05) is 19.0 Å². The number of hydrogen-bond acceptors (Lipinski definition) is 4. The third-order valence-electron chi connectivity index (χ3n) is 6.15. The molecule has 38 heavy (non-hydrogen) atoms. The second kappa shape index (κ2) is 14.0. The predicted molar refractivity (Wildman–Crippen MR) is 152 cm³/mol. The molecule has 2 unspecified atom stereocenters. The van der Waals surface area contributed by atoms with Crippen molar-refractivity contribution in [1.82, 2.24) is 15.5 Å². The van der Waals surface area contributed by atoms with E-state index in [1.165, 1.54) is 0 Å². The van der Waals surface area contributed by atoms with E-state index in [1.54, 1.807) is 25.7 Å². The third kappa shape index (κ3) is 9.51. The Kier molecular flexibility index (Phi) is 11.4. The van der Waals surface area contributed by atoms with Gasteiger partial charge in [-0.05, 0) is 77.1 Å². The van der Waals surface area contributed by atoms with Crippen LogP contribution in [0.15, 0.2) is 48.5 Å². The first-order chi connectivity index (χ1) is 17.8. The molecule has 0 aromatic heterocycles. The van der Waals surface area contributed by atoms with Crippen LogP contribution in [0.5, 0.6) is 0 Å². The number of aryl methyl sites for hydroxylation is 2.